The number of carbonyl (C=O) groups is 2. The van der Waals surface area contributed by atoms with Crippen molar-refractivity contribution >= 4 is 11.9 Å². The molecular weight excluding hydrogens is 333 g/mol. The first kappa shape index (κ1) is 17.9. The van der Waals surface area contributed by atoms with E-state index in [2.05, 4.69) is 10.6 Å². The van der Waals surface area contributed by atoms with Crippen molar-refractivity contribution in [1.82, 2.24) is 15.5 Å². The Balaban J connectivity index is 1.62. The van der Waals surface area contributed by atoms with Crippen LogP contribution >= 0.6 is 0 Å². The normalized spacial score (nSPS) is 15.0. The number of hydrogen-bond acceptors (Lipinski definition) is 2. The molecule has 5 nitrogen and oxygen atoms in total. The summed E-state index contributed by atoms with van der Waals surface area (Å²) in [4.78, 5) is 26.0. The number of benzene rings is 2. The van der Waals surface area contributed by atoms with Gasteiger partial charge in [0, 0.05) is 26.1 Å². The lowest BCUT2D eigenvalue weighted by atomic mass is 10.1. The molecule has 0 radical (unpaired) electrons. The highest BCUT2D eigenvalue weighted by Crippen LogP contribution is 2.18. The number of carbonyl (C=O) groups excluding carboxylic acids is 2. The summed E-state index contributed by atoms with van der Waals surface area (Å²) >= 11 is 0. The minimum Gasteiger partial charge on any atom is -0.340 e. The summed E-state index contributed by atoms with van der Waals surface area (Å²) in [5.41, 5.74) is 1.62. The molecule has 1 aliphatic heterocycles. The highest BCUT2D eigenvalue weighted by molar-refractivity contribution is 5.78. The Morgan fingerprint density at radius 2 is 1.96 bits per heavy atom. The second-order valence-corrected chi connectivity index (χ2v) is 6.36. The standard InChI is InChI=1S/C20H22FN3O2/c21-17-9-4-6-15(12-17)13-22-20(26)23-18(16-7-2-1-3-8-16)14-24-11-5-10-19(24)25/h1-4,6-9,12,18H,5,10-11,13-14H2,(H2,22,23,26). The molecule has 0 aromatic heterocycles. The van der Waals surface area contributed by atoms with Crippen molar-refractivity contribution in [2.45, 2.75) is 25.4 Å². The van der Waals surface area contributed by atoms with E-state index < -0.39 is 0 Å². The summed E-state index contributed by atoms with van der Waals surface area (Å²) in [7, 11) is 0. The van der Waals surface area contributed by atoms with Crippen LogP contribution in [0.1, 0.15) is 30.0 Å². The summed E-state index contributed by atoms with van der Waals surface area (Å²) < 4.78 is 13.2. The van der Waals surface area contributed by atoms with Crippen LogP contribution in [0.25, 0.3) is 0 Å². The van der Waals surface area contributed by atoms with Gasteiger partial charge < -0.3 is 15.5 Å². The number of likely N-dealkylation sites (tertiary alicyclic amines) is 1. The predicted octanol–water partition coefficient (Wildman–Crippen LogP) is 2.99. The van der Waals surface area contributed by atoms with Gasteiger partial charge in [-0.1, -0.05) is 42.5 Å². The first-order chi connectivity index (χ1) is 12.6. The van der Waals surface area contributed by atoms with Crippen molar-refractivity contribution in [2.24, 2.45) is 0 Å². The van der Waals surface area contributed by atoms with Gasteiger partial charge in [-0.15, -0.1) is 0 Å². The number of nitrogens with zero attached hydrogens (tertiary/aromatic N) is 1. The van der Waals surface area contributed by atoms with E-state index in [1.807, 2.05) is 30.3 Å². The van der Waals surface area contributed by atoms with Crippen molar-refractivity contribution < 1.29 is 14.0 Å². The Morgan fingerprint density at radius 3 is 2.65 bits per heavy atom. The largest absolute Gasteiger partial charge is 0.340 e. The Labute approximate surface area is 152 Å². The van der Waals surface area contributed by atoms with Gasteiger partial charge in [-0.25, -0.2) is 9.18 Å². The number of rotatable bonds is 6. The van der Waals surface area contributed by atoms with Crippen LogP contribution in [0.2, 0.25) is 0 Å². The lowest BCUT2D eigenvalue weighted by molar-refractivity contribution is -0.128. The van der Waals surface area contributed by atoms with Crippen molar-refractivity contribution in [3.05, 3.63) is 71.5 Å². The van der Waals surface area contributed by atoms with Crippen LogP contribution in [0.5, 0.6) is 0 Å². The van der Waals surface area contributed by atoms with Gasteiger partial charge >= 0.3 is 6.03 Å². The Hall–Kier alpha value is -2.89. The first-order valence-corrected chi connectivity index (χ1v) is 8.73. The molecule has 1 heterocycles. The monoisotopic (exact) mass is 355 g/mol. The third-order valence-electron chi connectivity index (χ3n) is 4.42. The zero-order chi connectivity index (χ0) is 18.4. The van der Waals surface area contributed by atoms with E-state index in [1.165, 1.54) is 12.1 Å². The predicted molar refractivity (Wildman–Crippen MR) is 96.8 cm³/mol. The van der Waals surface area contributed by atoms with Gasteiger partial charge in [0.25, 0.3) is 0 Å². The second kappa shape index (κ2) is 8.47. The van der Waals surface area contributed by atoms with Crippen LogP contribution in [0.3, 0.4) is 0 Å². The molecular formula is C20H22FN3O2. The van der Waals surface area contributed by atoms with E-state index in [0.717, 1.165) is 18.5 Å². The Morgan fingerprint density at radius 1 is 1.15 bits per heavy atom. The molecule has 1 saturated heterocycles. The van der Waals surface area contributed by atoms with Crippen LogP contribution in [-0.4, -0.2) is 29.9 Å². The minimum atomic E-state index is -0.352. The number of halogens is 1. The van der Waals surface area contributed by atoms with Crippen LogP contribution < -0.4 is 10.6 Å². The molecule has 0 aliphatic carbocycles. The van der Waals surface area contributed by atoms with Gasteiger partial charge in [0.15, 0.2) is 0 Å². The zero-order valence-corrected chi connectivity index (χ0v) is 14.5. The van der Waals surface area contributed by atoms with Gasteiger partial charge in [-0.2, -0.15) is 0 Å². The SMILES string of the molecule is O=C(NCc1cccc(F)c1)NC(CN1CCCC1=O)c1ccccc1. The molecule has 3 amide bonds. The number of amides is 3. The molecule has 136 valence electrons. The quantitative estimate of drug-likeness (QED) is 0.837. The van der Waals surface area contributed by atoms with E-state index in [9.17, 15) is 14.0 Å². The van der Waals surface area contributed by atoms with Gasteiger partial charge in [0.1, 0.15) is 5.82 Å². The van der Waals surface area contributed by atoms with Crippen molar-refractivity contribution in [3.63, 3.8) is 0 Å². The molecule has 2 aromatic rings. The number of urea groups is 1. The van der Waals surface area contributed by atoms with E-state index in [0.29, 0.717) is 18.5 Å². The van der Waals surface area contributed by atoms with Crippen molar-refractivity contribution in [3.8, 4) is 0 Å². The summed E-state index contributed by atoms with van der Waals surface area (Å²) in [6.07, 6.45) is 1.42. The molecule has 2 aromatic carbocycles. The minimum absolute atomic E-state index is 0.118. The first-order valence-electron chi connectivity index (χ1n) is 8.73. The molecule has 0 spiro atoms. The van der Waals surface area contributed by atoms with Crippen LogP contribution in [0.4, 0.5) is 9.18 Å². The maximum Gasteiger partial charge on any atom is 0.315 e. The summed E-state index contributed by atoms with van der Waals surface area (Å²) in [6.45, 7) is 1.39. The Bertz CT molecular complexity index is 767. The highest BCUT2D eigenvalue weighted by atomic mass is 19.1. The maximum absolute atomic E-state index is 13.2. The molecule has 2 N–H and O–H groups in total. The summed E-state index contributed by atoms with van der Waals surface area (Å²) in [5, 5.41) is 5.67. The van der Waals surface area contributed by atoms with Gasteiger partial charge in [0.05, 0.1) is 6.04 Å². The molecule has 1 aliphatic rings. The molecule has 1 atom stereocenters. The second-order valence-electron chi connectivity index (χ2n) is 6.36. The third kappa shape index (κ3) is 4.81. The average Bonchev–Trinajstić information content (AvgIpc) is 3.05. The Kier molecular flexibility index (Phi) is 5.84. The van der Waals surface area contributed by atoms with Gasteiger partial charge in [0.2, 0.25) is 5.91 Å². The summed E-state index contributed by atoms with van der Waals surface area (Å²) in [6, 6.07) is 15.0. The fourth-order valence-electron chi connectivity index (χ4n) is 3.08. The van der Waals surface area contributed by atoms with E-state index in [1.54, 1.807) is 17.0 Å². The van der Waals surface area contributed by atoms with Crippen LogP contribution in [0.15, 0.2) is 54.6 Å². The average molecular weight is 355 g/mol. The van der Waals surface area contributed by atoms with Crippen LogP contribution in [0, 0.1) is 5.82 Å². The van der Waals surface area contributed by atoms with Crippen LogP contribution in [-0.2, 0) is 11.3 Å². The fraction of sp³-hybridized carbons (Fsp3) is 0.300. The highest BCUT2D eigenvalue weighted by Gasteiger charge is 2.25. The third-order valence-corrected chi connectivity index (χ3v) is 4.42. The smallest absolute Gasteiger partial charge is 0.315 e. The van der Waals surface area contributed by atoms with Gasteiger partial charge in [-0.3, -0.25) is 4.79 Å². The molecule has 3 rings (SSSR count). The van der Waals surface area contributed by atoms with Gasteiger partial charge in [-0.05, 0) is 29.7 Å². The zero-order valence-electron chi connectivity index (χ0n) is 14.5. The molecule has 0 bridgehead atoms. The maximum atomic E-state index is 13.2. The summed E-state index contributed by atoms with van der Waals surface area (Å²) in [5.74, 6) is -0.215. The molecule has 6 heteroatoms. The van der Waals surface area contributed by atoms with E-state index >= 15 is 0 Å². The lowest BCUT2D eigenvalue weighted by Gasteiger charge is -2.25. The molecule has 1 unspecified atom stereocenters. The van der Waals surface area contributed by atoms with Crippen molar-refractivity contribution in [2.75, 3.05) is 13.1 Å². The van der Waals surface area contributed by atoms with E-state index in [4.69, 9.17) is 0 Å². The van der Waals surface area contributed by atoms with E-state index in [-0.39, 0.29) is 30.3 Å². The topological polar surface area (TPSA) is 61.4 Å². The number of nitrogens with one attached hydrogen (secondary N) is 2. The molecule has 26 heavy (non-hydrogen) atoms. The lowest BCUT2D eigenvalue weighted by Crippen LogP contribution is -2.42. The molecule has 0 saturated carbocycles. The fourth-order valence-corrected chi connectivity index (χ4v) is 3.08. The molecule has 1 fully saturated rings. The van der Waals surface area contributed by atoms with Crippen molar-refractivity contribution in [1.29, 1.82) is 0 Å². The number of hydrogen-bond donors (Lipinski definition) is 2.